The third kappa shape index (κ3) is 3.55. The molecular formula is C12H15N5OS. The number of aromatic nitrogens is 3. The molecular weight excluding hydrogens is 262 g/mol. The first-order chi connectivity index (χ1) is 9.20. The molecule has 2 rings (SSSR count). The Kier molecular flexibility index (Phi) is 4.53. The minimum atomic E-state index is -0.324. The fourth-order valence-corrected chi connectivity index (χ4v) is 2.63. The Morgan fingerprint density at radius 2 is 2.21 bits per heavy atom. The predicted molar refractivity (Wildman–Crippen MR) is 73.4 cm³/mol. The van der Waals surface area contributed by atoms with Crippen LogP contribution in [-0.2, 0) is 4.79 Å². The van der Waals surface area contributed by atoms with Crippen LogP contribution in [0.15, 0.2) is 35.5 Å². The summed E-state index contributed by atoms with van der Waals surface area (Å²) in [4.78, 5) is 16.0. The van der Waals surface area contributed by atoms with Gasteiger partial charge in [0.25, 0.3) is 0 Å². The van der Waals surface area contributed by atoms with E-state index in [4.69, 9.17) is 5.84 Å². The van der Waals surface area contributed by atoms with Crippen LogP contribution in [0.3, 0.4) is 0 Å². The molecule has 1 heterocycles. The summed E-state index contributed by atoms with van der Waals surface area (Å²) in [5.41, 5.74) is 3.13. The molecule has 0 saturated heterocycles. The van der Waals surface area contributed by atoms with Gasteiger partial charge in [-0.3, -0.25) is 15.3 Å². The smallest absolute Gasteiger partial charge is 0.242 e. The van der Waals surface area contributed by atoms with Crippen molar-refractivity contribution in [3.05, 3.63) is 41.7 Å². The molecule has 7 heteroatoms. The van der Waals surface area contributed by atoms with E-state index in [1.54, 1.807) is 0 Å². The second kappa shape index (κ2) is 6.35. The van der Waals surface area contributed by atoms with Crippen LogP contribution in [0.1, 0.15) is 17.3 Å². The summed E-state index contributed by atoms with van der Waals surface area (Å²) in [6.45, 7) is 1.83. The zero-order valence-electron chi connectivity index (χ0n) is 10.5. The van der Waals surface area contributed by atoms with E-state index >= 15 is 0 Å². The van der Waals surface area contributed by atoms with Gasteiger partial charge in [-0.25, -0.2) is 10.8 Å². The number of hydrogen-bond donors (Lipinski definition) is 3. The fraction of sp³-hybridized carbons (Fsp3) is 0.250. The van der Waals surface area contributed by atoms with Gasteiger partial charge in [0.15, 0.2) is 0 Å². The van der Waals surface area contributed by atoms with Crippen molar-refractivity contribution in [3.63, 3.8) is 0 Å². The molecule has 0 radical (unpaired) electrons. The van der Waals surface area contributed by atoms with E-state index in [2.05, 4.69) is 20.6 Å². The number of hydrazine groups is 1. The van der Waals surface area contributed by atoms with Crippen molar-refractivity contribution >= 4 is 17.7 Å². The molecule has 0 bridgehead atoms. The Bertz CT molecular complexity index is 542. The molecule has 4 N–H and O–H groups in total. The number of amides is 1. The first-order valence-corrected chi connectivity index (χ1v) is 6.76. The second-order valence-corrected chi connectivity index (χ2v) is 4.97. The highest BCUT2D eigenvalue weighted by atomic mass is 32.2. The molecule has 1 atom stereocenters. The molecule has 2 aromatic rings. The van der Waals surface area contributed by atoms with E-state index < -0.39 is 0 Å². The molecule has 0 saturated carbocycles. The van der Waals surface area contributed by atoms with E-state index in [-0.39, 0.29) is 11.8 Å². The number of nitrogens with zero attached hydrogens (tertiary/aromatic N) is 2. The predicted octanol–water partition coefficient (Wildman–Crippen LogP) is 0.979. The van der Waals surface area contributed by atoms with Gasteiger partial charge >= 0.3 is 0 Å². The molecule has 0 fully saturated rings. The largest absolute Gasteiger partial charge is 0.294 e. The summed E-state index contributed by atoms with van der Waals surface area (Å²) in [5.74, 6) is 5.98. The highest BCUT2D eigenvalue weighted by molar-refractivity contribution is 7.99. The van der Waals surface area contributed by atoms with Gasteiger partial charge in [-0.05, 0) is 12.5 Å². The molecule has 1 unspecified atom stereocenters. The van der Waals surface area contributed by atoms with Crippen LogP contribution in [0.2, 0.25) is 0 Å². The van der Waals surface area contributed by atoms with E-state index in [1.807, 2.05) is 37.3 Å². The molecule has 0 aliphatic rings. The van der Waals surface area contributed by atoms with Crippen molar-refractivity contribution in [2.24, 2.45) is 5.84 Å². The van der Waals surface area contributed by atoms with Crippen LogP contribution in [-0.4, -0.2) is 26.8 Å². The van der Waals surface area contributed by atoms with Crippen molar-refractivity contribution in [2.75, 3.05) is 5.75 Å². The summed E-state index contributed by atoms with van der Waals surface area (Å²) in [6, 6.07) is 9.52. The summed E-state index contributed by atoms with van der Waals surface area (Å²) in [7, 11) is 0. The number of aryl methyl sites for hydroxylation is 1. The fourth-order valence-electron chi connectivity index (χ4n) is 1.65. The number of nitrogens with two attached hydrogens (primary N) is 1. The van der Waals surface area contributed by atoms with Crippen LogP contribution >= 0.6 is 11.8 Å². The lowest BCUT2D eigenvalue weighted by atomic mass is 10.0. The Hall–Kier alpha value is -1.86. The third-order valence-electron chi connectivity index (χ3n) is 2.62. The maximum absolute atomic E-state index is 11.8. The van der Waals surface area contributed by atoms with Crippen LogP contribution in [0.25, 0.3) is 0 Å². The summed E-state index contributed by atoms with van der Waals surface area (Å²) >= 11 is 1.42. The number of thioether (sulfide) groups is 1. The van der Waals surface area contributed by atoms with Crippen molar-refractivity contribution in [1.82, 2.24) is 20.6 Å². The van der Waals surface area contributed by atoms with Gasteiger partial charge in [-0.15, -0.1) is 5.10 Å². The summed E-state index contributed by atoms with van der Waals surface area (Å²) < 4.78 is 0. The van der Waals surface area contributed by atoms with Crippen LogP contribution < -0.4 is 11.3 Å². The van der Waals surface area contributed by atoms with E-state index in [9.17, 15) is 4.79 Å². The molecule has 19 heavy (non-hydrogen) atoms. The number of benzene rings is 1. The van der Waals surface area contributed by atoms with Crippen LogP contribution in [0.5, 0.6) is 0 Å². The molecule has 1 aromatic carbocycles. The minimum Gasteiger partial charge on any atom is -0.294 e. The van der Waals surface area contributed by atoms with E-state index in [1.165, 1.54) is 11.8 Å². The normalized spacial score (nSPS) is 12.1. The topological polar surface area (TPSA) is 96.7 Å². The average Bonchev–Trinajstić information content (AvgIpc) is 2.85. The minimum absolute atomic E-state index is 0.217. The van der Waals surface area contributed by atoms with Gasteiger partial charge in [-0.2, -0.15) is 0 Å². The highest BCUT2D eigenvalue weighted by Gasteiger charge is 2.20. The van der Waals surface area contributed by atoms with Crippen molar-refractivity contribution in [2.45, 2.75) is 18.0 Å². The van der Waals surface area contributed by atoms with Gasteiger partial charge in [0.05, 0.1) is 5.92 Å². The van der Waals surface area contributed by atoms with Gasteiger partial charge in [-0.1, -0.05) is 42.1 Å². The maximum atomic E-state index is 11.8. The number of H-pyrrole nitrogens is 1. The molecule has 6 nitrogen and oxygen atoms in total. The second-order valence-electron chi connectivity index (χ2n) is 3.99. The number of rotatable bonds is 5. The maximum Gasteiger partial charge on any atom is 0.242 e. The molecule has 0 aliphatic heterocycles. The van der Waals surface area contributed by atoms with Crippen molar-refractivity contribution in [3.8, 4) is 0 Å². The highest BCUT2D eigenvalue weighted by Crippen LogP contribution is 2.24. The molecule has 1 amide bonds. The molecule has 1 aromatic heterocycles. The average molecular weight is 277 g/mol. The SMILES string of the molecule is Cc1nc(SCC(C(=O)NN)c2ccccc2)n[nH]1. The molecule has 100 valence electrons. The quantitative estimate of drug-likeness (QED) is 0.327. The number of carbonyl (C=O) groups is 1. The van der Waals surface area contributed by atoms with Crippen molar-refractivity contribution < 1.29 is 4.79 Å². The van der Waals surface area contributed by atoms with Gasteiger partial charge < -0.3 is 0 Å². The van der Waals surface area contributed by atoms with Gasteiger partial charge in [0, 0.05) is 5.75 Å². The van der Waals surface area contributed by atoms with Gasteiger partial charge in [0.2, 0.25) is 11.1 Å². The molecule has 0 spiro atoms. The van der Waals surface area contributed by atoms with Gasteiger partial charge in [0.1, 0.15) is 5.82 Å². The first kappa shape index (κ1) is 13.6. The van der Waals surface area contributed by atoms with Crippen LogP contribution in [0, 0.1) is 6.92 Å². The number of carbonyl (C=O) groups excluding carboxylic acids is 1. The molecule has 0 aliphatic carbocycles. The lowest BCUT2D eigenvalue weighted by molar-refractivity contribution is -0.122. The lowest BCUT2D eigenvalue weighted by Crippen LogP contribution is -2.35. The Balaban J connectivity index is 2.09. The zero-order valence-corrected chi connectivity index (χ0v) is 11.3. The number of aromatic amines is 1. The number of nitrogens with one attached hydrogen (secondary N) is 2. The monoisotopic (exact) mass is 277 g/mol. The standard InChI is InChI=1S/C12H15N5OS/c1-8-14-12(17-16-8)19-7-10(11(18)15-13)9-5-3-2-4-6-9/h2-6,10H,7,13H2,1H3,(H,15,18)(H,14,16,17). The summed E-state index contributed by atoms with van der Waals surface area (Å²) in [6.07, 6.45) is 0. The zero-order chi connectivity index (χ0) is 13.7. The lowest BCUT2D eigenvalue weighted by Gasteiger charge is -2.14. The summed E-state index contributed by atoms with van der Waals surface area (Å²) in [5, 5.41) is 7.43. The Labute approximate surface area is 115 Å². The van der Waals surface area contributed by atoms with E-state index in [0.717, 1.165) is 11.4 Å². The van der Waals surface area contributed by atoms with Crippen LogP contribution in [0.4, 0.5) is 0 Å². The first-order valence-electron chi connectivity index (χ1n) is 5.78. The number of hydrogen-bond acceptors (Lipinski definition) is 5. The third-order valence-corrected chi connectivity index (χ3v) is 3.56. The Morgan fingerprint density at radius 1 is 1.47 bits per heavy atom. The Morgan fingerprint density at radius 3 is 2.79 bits per heavy atom. The van der Waals surface area contributed by atoms with E-state index in [0.29, 0.717) is 10.9 Å². The van der Waals surface area contributed by atoms with Crippen molar-refractivity contribution in [1.29, 1.82) is 0 Å².